The second kappa shape index (κ2) is 5.80. The first-order chi connectivity index (χ1) is 9.97. The van der Waals surface area contributed by atoms with Gasteiger partial charge in [0.25, 0.3) is 0 Å². The first-order valence-corrected chi connectivity index (χ1v) is 8.41. The molecular weight excluding hydrogens is 394 g/mol. The molecule has 0 bridgehead atoms. The van der Waals surface area contributed by atoms with E-state index < -0.39 is 39.5 Å². The first kappa shape index (κ1) is 17.2. The van der Waals surface area contributed by atoms with Gasteiger partial charge in [0, 0.05) is 23.4 Å². The molecule has 22 heavy (non-hydrogen) atoms. The molecule has 1 aliphatic rings. The predicted molar refractivity (Wildman–Crippen MR) is 74.5 cm³/mol. The summed E-state index contributed by atoms with van der Waals surface area (Å²) in [5, 5.41) is 0. The molecule has 0 aliphatic carbocycles. The number of nitrogens with zero attached hydrogens (tertiary/aromatic N) is 1. The molecule has 0 N–H and O–H groups in total. The molecule has 1 aromatic carbocycles. The number of alkyl halides is 3. The van der Waals surface area contributed by atoms with Crippen molar-refractivity contribution in [2.24, 2.45) is 5.92 Å². The van der Waals surface area contributed by atoms with Crippen LogP contribution < -0.4 is 4.90 Å². The van der Waals surface area contributed by atoms with Gasteiger partial charge in [-0.2, -0.15) is 21.6 Å². The predicted octanol–water partition coefficient (Wildman–Crippen LogP) is 3.12. The maximum Gasteiger partial charge on any atom is 0.416 e. The summed E-state index contributed by atoms with van der Waals surface area (Å²) in [6.45, 7) is -0.0635. The molecular formula is C12H10BrF4NO3S. The molecule has 10 heteroatoms. The summed E-state index contributed by atoms with van der Waals surface area (Å²) >= 11 is 2.97. The summed E-state index contributed by atoms with van der Waals surface area (Å²) in [5.74, 6) is -1.97. The normalized spacial score (nSPS) is 19.8. The van der Waals surface area contributed by atoms with Gasteiger partial charge in [0.2, 0.25) is 5.91 Å². The average Bonchev–Trinajstić information content (AvgIpc) is 2.66. The molecule has 122 valence electrons. The zero-order valence-electron chi connectivity index (χ0n) is 10.9. The highest BCUT2D eigenvalue weighted by Gasteiger charge is 2.36. The van der Waals surface area contributed by atoms with Crippen molar-refractivity contribution in [3.05, 3.63) is 28.2 Å². The zero-order chi connectivity index (χ0) is 16.7. The van der Waals surface area contributed by atoms with Crippen LogP contribution in [-0.2, 0) is 21.2 Å². The lowest BCUT2D eigenvalue weighted by Gasteiger charge is -2.19. The lowest BCUT2D eigenvalue weighted by atomic mass is 10.1. The molecule has 2 rings (SSSR count). The zero-order valence-corrected chi connectivity index (χ0v) is 13.3. The van der Waals surface area contributed by atoms with E-state index in [0.717, 1.165) is 23.1 Å². The van der Waals surface area contributed by atoms with Crippen LogP contribution in [-0.4, -0.2) is 26.6 Å². The summed E-state index contributed by atoms with van der Waals surface area (Å²) in [6, 6.07) is 2.78. The average molecular weight is 404 g/mol. The van der Waals surface area contributed by atoms with Gasteiger partial charge in [-0.15, -0.1) is 3.89 Å². The standard InChI is InChI=1S/C12H10BrF4NO3S/c13-9-4-8(12(14,15)16)1-2-10(9)18-5-7(3-11(18)19)6-22(17,20)21/h1-2,4,7H,3,5-6H2. The maximum atomic E-state index is 12.7. The Hall–Kier alpha value is -1.16. The van der Waals surface area contributed by atoms with Crippen LogP contribution in [0, 0.1) is 5.92 Å². The molecule has 1 fully saturated rings. The van der Waals surface area contributed by atoms with Gasteiger partial charge in [-0.3, -0.25) is 4.79 Å². The minimum atomic E-state index is -4.71. The largest absolute Gasteiger partial charge is 0.416 e. The van der Waals surface area contributed by atoms with Crippen molar-refractivity contribution in [2.45, 2.75) is 12.6 Å². The van der Waals surface area contributed by atoms with Crippen molar-refractivity contribution < 1.29 is 30.3 Å². The number of benzene rings is 1. The Bertz CT molecular complexity index is 705. The highest BCUT2D eigenvalue weighted by atomic mass is 79.9. The van der Waals surface area contributed by atoms with Crippen LogP contribution in [0.3, 0.4) is 0 Å². The van der Waals surface area contributed by atoms with Gasteiger partial charge in [0.15, 0.2) is 0 Å². The minimum Gasteiger partial charge on any atom is -0.311 e. The topological polar surface area (TPSA) is 54.5 Å². The second-order valence-corrected chi connectivity index (χ2v) is 7.21. The maximum absolute atomic E-state index is 12.7. The van der Waals surface area contributed by atoms with Crippen LogP contribution in [0.15, 0.2) is 22.7 Å². The van der Waals surface area contributed by atoms with Gasteiger partial charge < -0.3 is 4.90 Å². The Morgan fingerprint density at radius 2 is 1.95 bits per heavy atom. The number of anilines is 1. The van der Waals surface area contributed by atoms with E-state index in [9.17, 15) is 30.3 Å². The van der Waals surface area contributed by atoms with E-state index in [-0.39, 0.29) is 23.1 Å². The van der Waals surface area contributed by atoms with Crippen LogP contribution >= 0.6 is 15.9 Å². The van der Waals surface area contributed by atoms with Crippen LogP contribution in [0.4, 0.5) is 22.7 Å². The van der Waals surface area contributed by atoms with E-state index in [2.05, 4.69) is 15.9 Å². The Morgan fingerprint density at radius 3 is 2.45 bits per heavy atom. The third kappa shape index (κ3) is 3.97. The Labute approximate surface area is 132 Å². The third-order valence-corrected chi connectivity index (χ3v) is 4.71. The van der Waals surface area contributed by atoms with Crippen molar-refractivity contribution in [1.29, 1.82) is 0 Å². The van der Waals surface area contributed by atoms with Crippen LogP contribution in [0.25, 0.3) is 0 Å². The van der Waals surface area contributed by atoms with Crippen molar-refractivity contribution in [3.63, 3.8) is 0 Å². The van der Waals surface area contributed by atoms with E-state index in [0.29, 0.717) is 0 Å². The van der Waals surface area contributed by atoms with E-state index in [1.54, 1.807) is 0 Å². The fourth-order valence-corrected chi connectivity index (χ4v) is 3.69. The monoisotopic (exact) mass is 403 g/mol. The molecule has 1 aliphatic heterocycles. The Balaban J connectivity index is 2.24. The van der Waals surface area contributed by atoms with Crippen molar-refractivity contribution in [2.75, 3.05) is 17.2 Å². The third-order valence-electron chi connectivity index (χ3n) is 3.21. The smallest absolute Gasteiger partial charge is 0.311 e. The molecule has 1 unspecified atom stereocenters. The number of carbonyl (C=O) groups excluding carboxylic acids is 1. The number of hydrogen-bond donors (Lipinski definition) is 0. The Morgan fingerprint density at radius 1 is 1.32 bits per heavy atom. The van der Waals surface area contributed by atoms with Gasteiger partial charge in [-0.05, 0) is 34.1 Å². The summed E-state index contributed by atoms with van der Waals surface area (Å²) in [7, 11) is -4.71. The quantitative estimate of drug-likeness (QED) is 0.575. The van der Waals surface area contributed by atoms with Crippen LogP contribution in [0.5, 0.6) is 0 Å². The van der Waals surface area contributed by atoms with Gasteiger partial charge in [-0.25, -0.2) is 0 Å². The Kier molecular flexibility index (Phi) is 4.54. The van der Waals surface area contributed by atoms with Gasteiger partial charge in [-0.1, -0.05) is 0 Å². The highest BCUT2D eigenvalue weighted by molar-refractivity contribution is 9.10. The molecule has 0 spiro atoms. The molecule has 1 atom stereocenters. The molecule has 0 radical (unpaired) electrons. The van der Waals surface area contributed by atoms with Crippen molar-refractivity contribution in [3.8, 4) is 0 Å². The first-order valence-electron chi connectivity index (χ1n) is 6.07. The summed E-state index contributed by atoms with van der Waals surface area (Å²) < 4.78 is 71.8. The summed E-state index contributed by atoms with van der Waals surface area (Å²) in [6.07, 6.45) is -4.68. The molecule has 4 nitrogen and oxygen atoms in total. The summed E-state index contributed by atoms with van der Waals surface area (Å²) in [4.78, 5) is 13.0. The van der Waals surface area contributed by atoms with Gasteiger partial charge in [0.05, 0.1) is 17.0 Å². The minimum absolute atomic E-state index is 0.0550. The molecule has 1 heterocycles. The number of rotatable bonds is 3. The molecule has 1 amide bonds. The number of hydrogen-bond acceptors (Lipinski definition) is 3. The summed E-state index contributed by atoms with van der Waals surface area (Å²) in [5.41, 5.74) is -0.686. The van der Waals surface area contributed by atoms with E-state index in [1.165, 1.54) is 0 Å². The second-order valence-electron chi connectivity index (χ2n) is 4.94. The molecule has 1 aromatic rings. The van der Waals surface area contributed by atoms with Crippen LogP contribution in [0.2, 0.25) is 0 Å². The van der Waals surface area contributed by atoms with Crippen molar-refractivity contribution >= 4 is 37.7 Å². The SMILES string of the molecule is O=C1CC(CS(=O)(=O)F)CN1c1ccc(C(F)(F)F)cc1Br. The molecule has 0 saturated carbocycles. The fraction of sp³-hybridized carbons (Fsp3) is 0.417. The van der Waals surface area contributed by atoms with Gasteiger partial charge >= 0.3 is 16.4 Å². The fourth-order valence-electron chi connectivity index (χ4n) is 2.31. The van der Waals surface area contributed by atoms with Crippen molar-refractivity contribution in [1.82, 2.24) is 0 Å². The lowest BCUT2D eigenvalue weighted by molar-refractivity contribution is -0.137. The van der Waals surface area contributed by atoms with E-state index in [4.69, 9.17) is 0 Å². The molecule has 1 saturated heterocycles. The van der Waals surface area contributed by atoms with Crippen LogP contribution in [0.1, 0.15) is 12.0 Å². The van der Waals surface area contributed by atoms with E-state index in [1.807, 2.05) is 0 Å². The number of halogens is 5. The molecule has 0 aromatic heterocycles. The highest BCUT2D eigenvalue weighted by Crippen LogP contribution is 2.37. The lowest BCUT2D eigenvalue weighted by Crippen LogP contribution is -2.26. The number of carbonyl (C=O) groups is 1. The number of amides is 1. The van der Waals surface area contributed by atoms with Gasteiger partial charge in [0.1, 0.15) is 0 Å². The van der Waals surface area contributed by atoms with E-state index >= 15 is 0 Å².